The van der Waals surface area contributed by atoms with Gasteiger partial charge in [-0.15, -0.1) is 0 Å². The second-order valence-electron chi connectivity index (χ2n) is 6.40. The number of nitrogens with zero attached hydrogens (tertiary/aromatic N) is 3. The van der Waals surface area contributed by atoms with Gasteiger partial charge in [0.1, 0.15) is 5.60 Å². The molecule has 1 N–H and O–H groups in total. The second-order valence-corrected chi connectivity index (χ2v) is 7.56. The first-order valence-corrected chi connectivity index (χ1v) is 8.38. The van der Waals surface area contributed by atoms with Gasteiger partial charge in [-0.1, -0.05) is 0 Å². The number of carbonyl (C=O) groups excluding carboxylic acids is 2. The summed E-state index contributed by atoms with van der Waals surface area (Å²) in [6.07, 6.45) is 3.10. The van der Waals surface area contributed by atoms with Crippen molar-refractivity contribution in [2.45, 2.75) is 39.3 Å². The van der Waals surface area contributed by atoms with Gasteiger partial charge in [-0.2, -0.15) is 5.10 Å². The molecule has 1 aromatic heterocycles. The standard InChI is InChI=1S/C14H18N4O4S/c1-14(2,3)22-13(20)17-5-4-10-9(8-17)7-15-18(10)12-6-11(19)16-23(12)21/h6-7H,4-5,8H2,1-3H3,(H,16,19). The third kappa shape index (κ3) is 3.14. The number of nitrogens with one attached hydrogen (secondary N) is 1. The molecule has 1 aromatic rings. The van der Waals surface area contributed by atoms with E-state index in [4.69, 9.17) is 4.74 Å². The molecule has 1 unspecified atom stereocenters. The van der Waals surface area contributed by atoms with Crippen LogP contribution in [-0.4, -0.2) is 43.0 Å². The Morgan fingerprint density at radius 3 is 2.78 bits per heavy atom. The maximum atomic E-state index is 12.1. The molecule has 0 aromatic carbocycles. The molecule has 2 aliphatic rings. The molecule has 0 radical (unpaired) electrons. The topological polar surface area (TPSA) is 93.5 Å². The first-order valence-electron chi connectivity index (χ1n) is 7.23. The predicted octanol–water partition coefficient (Wildman–Crippen LogP) is 0.768. The third-order valence-electron chi connectivity index (χ3n) is 3.43. The van der Waals surface area contributed by atoms with E-state index < -0.39 is 22.5 Å². The van der Waals surface area contributed by atoms with Gasteiger partial charge in [0.05, 0.1) is 18.4 Å². The highest BCUT2D eigenvalue weighted by molar-refractivity contribution is 7.93. The van der Waals surface area contributed by atoms with Crippen LogP contribution in [0.2, 0.25) is 0 Å². The molecule has 0 bridgehead atoms. The van der Waals surface area contributed by atoms with Gasteiger partial charge in [-0.3, -0.25) is 9.52 Å². The van der Waals surface area contributed by atoms with Crippen LogP contribution >= 0.6 is 0 Å². The van der Waals surface area contributed by atoms with Crippen LogP contribution in [0.5, 0.6) is 0 Å². The lowest BCUT2D eigenvalue weighted by Crippen LogP contribution is -2.40. The lowest BCUT2D eigenvalue weighted by Gasteiger charge is -2.30. The van der Waals surface area contributed by atoms with E-state index in [9.17, 15) is 13.8 Å². The van der Waals surface area contributed by atoms with E-state index in [0.29, 0.717) is 24.5 Å². The van der Waals surface area contributed by atoms with Crippen LogP contribution in [0.4, 0.5) is 4.79 Å². The Hall–Kier alpha value is -2.16. The molecule has 0 spiro atoms. The van der Waals surface area contributed by atoms with Gasteiger partial charge in [0, 0.05) is 24.6 Å². The predicted molar refractivity (Wildman–Crippen MR) is 83.1 cm³/mol. The molecule has 23 heavy (non-hydrogen) atoms. The molecule has 3 heterocycles. The molecule has 0 saturated carbocycles. The highest BCUT2D eigenvalue weighted by Crippen LogP contribution is 2.24. The Morgan fingerprint density at radius 2 is 2.17 bits per heavy atom. The molecular weight excluding hydrogens is 320 g/mol. The van der Waals surface area contributed by atoms with Crippen LogP contribution in [0.3, 0.4) is 0 Å². The van der Waals surface area contributed by atoms with E-state index in [1.54, 1.807) is 11.1 Å². The Morgan fingerprint density at radius 1 is 1.43 bits per heavy atom. The minimum atomic E-state index is -1.59. The summed E-state index contributed by atoms with van der Waals surface area (Å²) in [7, 11) is -1.59. The normalized spacial score (nSPS) is 20.8. The van der Waals surface area contributed by atoms with Crippen molar-refractivity contribution in [2.24, 2.45) is 0 Å². The zero-order valence-electron chi connectivity index (χ0n) is 13.2. The van der Waals surface area contributed by atoms with Gasteiger partial charge < -0.3 is 9.64 Å². The molecule has 0 saturated heterocycles. The summed E-state index contributed by atoms with van der Waals surface area (Å²) in [5.41, 5.74) is 1.18. The van der Waals surface area contributed by atoms with E-state index >= 15 is 0 Å². The summed E-state index contributed by atoms with van der Waals surface area (Å²) in [6, 6.07) is 0. The average molecular weight is 338 g/mol. The minimum absolute atomic E-state index is 0.321. The first-order chi connectivity index (χ1) is 10.7. The fourth-order valence-corrected chi connectivity index (χ4v) is 3.36. The summed E-state index contributed by atoms with van der Waals surface area (Å²) in [4.78, 5) is 25.1. The summed E-state index contributed by atoms with van der Waals surface area (Å²) < 4.78 is 21.1. The van der Waals surface area contributed by atoms with Crippen molar-refractivity contribution in [2.75, 3.05) is 6.54 Å². The molecule has 3 rings (SSSR count). The van der Waals surface area contributed by atoms with Crippen molar-refractivity contribution in [1.82, 2.24) is 19.4 Å². The van der Waals surface area contributed by atoms with Crippen molar-refractivity contribution in [3.63, 3.8) is 0 Å². The van der Waals surface area contributed by atoms with Gasteiger partial charge in [0.25, 0.3) is 5.91 Å². The Kier molecular flexibility index (Phi) is 3.75. The highest BCUT2D eigenvalue weighted by atomic mass is 32.2. The molecule has 124 valence electrons. The monoisotopic (exact) mass is 338 g/mol. The molecule has 1 atom stereocenters. The van der Waals surface area contributed by atoms with Crippen LogP contribution in [0.15, 0.2) is 12.3 Å². The molecule has 8 nitrogen and oxygen atoms in total. The van der Waals surface area contributed by atoms with Gasteiger partial charge in [-0.25, -0.2) is 13.7 Å². The van der Waals surface area contributed by atoms with E-state index in [1.165, 1.54) is 10.8 Å². The number of fused-ring (bicyclic) bond motifs is 1. The van der Waals surface area contributed by atoms with Gasteiger partial charge >= 0.3 is 6.09 Å². The Balaban J connectivity index is 1.80. The number of hydrogen-bond acceptors (Lipinski definition) is 5. The summed E-state index contributed by atoms with van der Waals surface area (Å²) in [5.74, 6) is -0.395. The Bertz CT molecular complexity index is 732. The van der Waals surface area contributed by atoms with Gasteiger partial charge in [-0.05, 0) is 20.8 Å². The largest absolute Gasteiger partial charge is 0.444 e. The summed E-state index contributed by atoms with van der Waals surface area (Å²) in [5, 5.41) is 4.54. The van der Waals surface area contributed by atoms with Crippen LogP contribution < -0.4 is 4.72 Å². The van der Waals surface area contributed by atoms with Crippen molar-refractivity contribution in [3.05, 3.63) is 23.5 Å². The number of rotatable bonds is 1. The first kappa shape index (κ1) is 15.7. The van der Waals surface area contributed by atoms with Crippen molar-refractivity contribution in [1.29, 1.82) is 0 Å². The molecule has 9 heteroatoms. The third-order valence-corrected chi connectivity index (χ3v) is 4.49. The average Bonchev–Trinajstić information content (AvgIpc) is 2.98. The number of amides is 2. The smallest absolute Gasteiger partial charge is 0.410 e. The quantitative estimate of drug-likeness (QED) is 0.816. The van der Waals surface area contributed by atoms with E-state index in [1.807, 2.05) is 20.8 Å². The van der Waals surface area contributed by atoms with Crippen LogP contribution in [0, 0.1) is 0 Å². The molecule has 2 amide bonds. The van der Waals surface area contributed by atoms with Crippen molar-refractivity contribution >= 4 is 28.0 Å². The fraction of sp³-hybridized carbons (Fsp3) is 0.500. The number of hydrogen-bond donors (Lipinski definition) is 1. The second kappa shape index (κ2) is 5.48. The maximum absolute atomic E-state index is 12.1. The summed E-state index contributed by atoms with van der Waals surface area (Å²) in [6.45, 7) is 6.33. The zero-order valence-corrected chi connectivity index (χ0v) is 14.0. The minimum Gasteiger partial charge on any atom is -0.444 e. The van der Waals surface area contributed by atoms with Gasteiger partial charge in [0.2, 0.25) is 0 Å². The SMILES string of the molecule is CC(C)(C)OC(=O)N1CCc2c(cnn2C2=CC(=O)NS2=O)C1. The van der Waals surface area contributed by atoms with E-state index in [-0.39, 0.29) is 6.09 Å². The molecule has 2 aliphatic heterocycles. The zero-order chi connectivity index (χ0) is 16.8. The lowest BCUT2D eigenvalue weighted by molar-refractivity contribution is -0.114. The maximum Gasteiger partial charge on any atom is 0.410 e. The van der Waals surface area contributed by atoms with Crippen LogP contribution in [0.1, 0.15) is 32.0 Å². The van der Waals surface area contributed by atoms with E-state index in [0.717, 1.165) is 11.3 Å². The lowest BCUT2D eigenvalue weighted by atomic mass is 10.1. The van der Waals surface area contributed by atoms with E-state index in [2.05, 4.69) is 9.82 Å². The number of carbonyl (C=O) groups is 2. The summed E-state index contributed by atoms with van der Waals surface area (Å²) >= 11 is 0. The Labute approximate surface area is 136 Å². The molecule has 0 aliphatic carbocycles. The fourth-order valence-electron chi connectivity index (χ4n) is 2.48. The van der Waals surface area contributed by atoms with Crippen molar-refractivity contribution in [3.8, 4) is 0 Å². The molecular formula is C14H18N4O4S. The van der Waals surface area contributed by atoms with Crippen LogP contribution in [-0.2, 0) is 33.5 Å². The van der Waals surface area contributed by atoms with Crippen molar-refractivity contribution < 1.29 is 18.5 Å². The number of ether oxygens (including phenoxy) is 1. The highest BCUT2D eigenvalue weighted by Gasteiger charge is 2.30. The van der Waals surface area contributed by atoms with Crippen LogP contribution in [0.25, 0.3) is 5.03 Å². The number of aromatic nitrogens is 2. The molecule has 0 fully saturated rings. The van der Waals surface area contributed by atoms with Gasteiger partial charge in [0.15, 0.2) is 16.0 Å².